The van der Waals surface area contributed by atoms with Crippen LogP contribution in [0.25, 0.3) is 0 Å². The van der Waals surface area contributed by atoms with Crippen molar-refractivity contribution in [1.82, 2.24) is 5.43 Å². The summed E-state index contributed by atoms with van der Waals surface area (Å²) in [6, 6.07) is 13.4. The van der Waals surface area contributed by atoms with E-state index in [4.69, 9.17) is 17.4 Å². The Balaban J connectivity index is 2.41. The number of hydrogen-bond acceptors (Lipinski definition) is 4. The van der Waals surface area contributed by atoms with Gasteiger partial charge >= 0.3 is 0 Å². The number of amidine groups is 1. The number of nitrogens with one attached hydrogen (secondary N) is 1. The predicted octanol–water partition coefficient (Wildman–Crippen LogP) is 2.29. The molecule has 21 heavy (non-hydrogen) atoms. The third-order valence-corrected chi connectivity index (χ3v) is 4.23. The van der Waals surface area contributed by atoms with Crippen molar-refractivity contribution in [2.24, 2.45) is 10.8 Å². The van der Waals surface area contributed by atoms with Gasteiger partial charge in [0.15, 0.2) is 9.84 Å². The van der Waals surface area contributed by atoms with Gasteiger partial charge < -0.3 is 5.43 Å². The quantitative estimate of drug-likeness (QED) is 0.393. The molecular formula is C14H14ClN3O2S. The fourth-order valence-electron chi connectivity index (χ4n) is 1.70. The summed E-state index contributed by atoms with van der Waals surface area (Å²) >= 11 is 6.04. The monoisotopic (exact) mass is 323 g/mol. The van der Waals surface area contributed by atoms with Crippen molar-refractivity contribution >= 4 is 33.0 Å². The number of nitrogens with zero attached hydrogens (tertiary/aromatic N) is 1. The zero-order valence-electron chi connectivity index (χ0n) is 11.2. The number of halogens is 1. The van der Waals surface area contributed by atoms with E-state index in [1.54, 1.807) is 30.3 Å². The van der Waals surface area contributed by atoms with Gasteiger partial charge in [0, 0.05) is 11.8 Å². The molecule has 2 aromatic carbocycles. The molecule has 0 heterocycles. The lowest BCUT2D eigenvalue weighted by atomic mass is 10.2. The second kappa shape index (κ2) is 6.26. The first kappa shape index (κ1) is 15.5. The SMILES string of the molecule is CS(=O)(=O)c1ccc(C(=Nc2ccccc2Cl)NN)cc1. The maximum atomic E-state index is 11.4. The number of nitrogens with two attached hydrogens (primary N) is 1. The van der Waals surface area contributed by atoms with Crippen LogP contribution in [0, 0.1) is 0 Å². The second-order valence-corrected chi connectivity index (χ2v) is 6.78. The number of benzene rings is 2. The normalized spacial score (nSPS) is 12.2. The van der Waals surface area contributed by atoms with Crippen molar-refractivity contribution in [3.8, 4) is 0 Å². The zero-order chi connectivity index (χ0) is 15.5. The van der Waals surface area contributed by atoms with E-state index in [0.717, 1.165) is 6.26 Å². The highest BCUT2D eigenvalue weighted by atomic mass is 35.5. The summed E-state index contributed by atoms with van der Waals surface area (Å²) in [4.78, 5) is 4.57. The van der Waals surface area contributed by atoms with E-state index in [9.17, 15) is 8.42 Å². The van der Waals surface area contributed by atoms with Crippen LogP contribution in [0.15, 0.2) is 58.4 Å². The molecular weight excluding hydrogens is 310 g/mol. The molecule has 2 rings (SSSR count). The van der Waals surface area contributed by atoms with Gasteiger partial charge in [-0.25, -0.2) is 19.3 Å². The van der Waals surface area contributed by atoms with Gasteiger partial charge in [-0.1, -0.05) is 23.7 Å². The van der Waals surface area contributed by atoms with Gasteiger partial charge in [-0.3, -0.25) is 0 Å². The van der Waals surface area contributed by atoms with Crippen LogP contribution in [0.5, 0.6) is 0 Å². The molecule has 0 amide bonds. The summed E-state index contributed by atoms with van der Waals surface area (Å²) in [5, 5.41) is 0.498. The molecule has 0 atom stereocenters. The third-order valence-electron chi connectivity index (χ3n) is 2.78. The second-order valence-electron chi connectivity index (χ2n) is 4.35. The van der Waals surface area contributed by atoms with Crippen molar-refractivity contribution < 1.29 is 8.42 Å². The fourth-order valence-corrected chi connectivity index (χ4v) is 2.51. The number of rotatable bonds is 3. The molecule has 0 bridgehead atoms. The summed E-state index contributed by atoms with van der Waals surface area (Å²) in [6.45, 7) is 0. The van der Waals surface area contributed by atoms with Crippen molar-refractivity contribution in [1.29, 1.82) is 0 Å². The molecule has 110 valence electrons. The Morgan fingerprint density at radius 2 is 1.76 bits per heavy atom. The number of hydrogen-bond donors (Lipinski definition) is 2. The van der Waals surface area contributed by atoms with E-state index in [-0.39, 0.29) is 4.90 Å². The Bertz CT molecular complexity index is 771. The first-order valence-corrected chi connectivity index (χ1v) is 8.29. The molecule has 0 saturated carbocycles. The molecule has 3 N–H and O–H groups in total. The van der Waals surface area contributed by atoms with Crippen LogP contribution in [-0.2, 0) is 9.84 Å². The molecule has 0 aromatic heterocycles. The molecule has 0 saturated heterocycles. The van der Waals surface area contributed by atoms with Crippen LogP contribution in [0.4, 0.5) is 5.69 Å². The van der Waals surface area contributed by atoms with E-state index in [2.05, 4.69) is 10.4 Å². The third kappa shape index (κ3) is 3.81. The lowest BCUT2D eigenvalue weighted by Gasteiger charge is -2.07. The molecule has 0 radical (unpaired) electrons. The van der Waals surface area contributed by atoms with Crippen LogP contribution in [0.2, 0.25) is 5.02 Å². The molecule has 0 fully saturated rings. The Hall–Kier alpha value is -1.89. The highest BCUT2D eigenvalue weighted by molar-refractivity contribution is 7.90. The van der Waals surface area contributed by atoms with Crippen molar-refractivity contribution in [2.45, 2.75) is 4.90 Å². The van der Waals surface area contributed by atoms with Gasteiger partial charge in [0.2, 0.25) is 0 Å². The largest absolute Gasteiger partial charge is 0.308 e. The van der Waals surface area contributed by atoms with Crippen molar-refractivity contribution in [3.63, 3.8) is 0 Å². The molecule has 2 aromatic rings. The highest BCUT2D eigenvalue weighted by Gasteiger charge is 2.09. The topological polar surface area (TPSA) is 84.5 Å². The van der Waals surface area contributed by atoms with Crippen LogP contribution in [-0.4, -0.2) is 20.5 Å². The summed E-state index contributed by atoms with van der Waals surface area (Å²) in [7, 11) is -3.23. The van der Waals surface area contributed by atoms with Crippen LogP contribution >= 0.6 is 11.6 Å². The first-order valence-electron chi connectivity index (χ1n) is 6.02. The molecule has 0 aliphatic heterocycles. The van der Waals surface area contributed by atoms with Gasteiger partial charge in [0.25, 0.3) is 0 Å². The maximum Gasteiger partial charge on any atom is 0.175 e. The summed E-state index contributed by atoms with van der Waals surface area (Å²) in [5.74, 6) is 5.88. The van der Waals surface area contributed by atoms with Gasteiger partial charge in [-0.05, 0) is 36.4 Å². The van der Waals surface area contributed by atoms with E-state index < -0.39 is 9.84 Å². The Labute approximate surface area is 128 Å². The summed E-state index contributed by atoms with van der Waals surface area (Å²) < 4.78 is 22.9. The maximum absolute atomic E-state index is 11.4. The number of para-hydroxylation sites is 1. The Kier molecular flexibility index (Phi) is 4.62. The minimum atomic E-state index is -3.23. The average molecular weight is 324 g/mol. The highest BCUT2D eigenvalue weighted by Crippen LogP contribution is 2.24. The summed E-state index contributed by atoms with van der Waals surface area (Å²) in [6.07, 6.45) is 1.15. The number of sulfone groups is 1. The van der Waals surface area contributed by atoms with Crippen molar-refractivity contribution in [3.05, 3.63) is 59.1 Å². The fraction of sp³-hybridized carbons (Fsp3) is 0.0714. The van der Waals surface area contributed by atoms with Crippen LogP contribution in [0.3, 0.4) is 0 Å². The van der Waals surface area contributed by atoms with Gasteiger partial charge in [-0.2, -0.15) is 0 Å². The number of aliphatic imine (C=N–C) groups is 1. The van der Waals surface area contributed by atoms with Gasteiger partial charge in [0.1, 0.15) is 5.84 Å². The summed E-state index contributed by atoms with van der Waals surface area (Å²) in [5.41, 5.74) is 3.72. The van der Waals surface area contributed by atoms with E-state index in [1.807, 2.05) is 6.07 Å². The molecule has 5 nitrogen and oxygen atoms in total. The molecule has 0 spiro atoms. The van der Waals surface area contributed by atoms with Crippen molar-refractivity contribution in [2.75, 3.05) is 6.26 Å². The smallest absolute Gasteiger partial charge is 0.175 e. The molecule has 0 aliphatic rings. The van der Waals surface area contributed by atoms with Gasteiger partial charge in [-0.15, -0.1) is 0 Å². The average Bonchev–Trinajstić information content (AvgIpc) is 2.46. The minimum Gasteiger partial charge on any atom is -0.308 e. The lowest BCUT2D eigenvalue weighted by molar-refractivity contribution is 0.602. The van der Waals surface area contributed by atoms with E-state index >= 15 is 0 Å². The van der Waals surface area contributed by atoms with E-state index in [0.29, 0.717) is 22.1 Å². The van der Waals surface area contributed by atoms with Gasteiger partial charge in [0.05, 0.1) is 15.6 Å². The van der Waals surface area contributed by atoms with Crippen LogP contribution < -0.4 is 11.3 Å². The molecule has 0 aliphatic carbocycles. The zero-order valence-corrected chi connectivity index (χ0v) is 12.8. The van der Waals surface area contributed by atoms with E-state index in [1.165, 1.54) is 12.1 Å². The predicted molar refractivity (Wildman–Crippen MR) is 84.5 cm³/mol. The van der Waals surface area contributed by atoms with Crippen LogP contribution in [0.1, 0.15) is 5.56 Å². The Morgan fingerprint density at radius 1 is 1.14 bits per heavy atom. The Morgan fingerprint density at radius 3 is 2.29 bits per heavy atom. The first-order chi connectivity index (χ1) is 9.91. The minimum absolute atomic E-state index is 0.236. The standard InChI is InChI=1S/C14H14ClN3O2S/c1-21(19,20)11-8-6-10(7-9-11)14(18-16)17-13-5-3-2-4-12(13)15/h2-9H,16H2,1H3,(H,17,18). The number of hydrazine groups is 1. The molecule has 7 heteroatoms. The lowest BCUT2D eigenvalue weighted by Crippen LogP contribution is -2.30. The molecule has 0 unspecified atom stereocenters.